The zero-order valence-corrected chi connectivity index (χ0v) is 12.9. The van der Waals surface area contributed by atoms with Gasteiger partial charge >= 0.3 is 6.09 Å². The lowest BCUT2D eigenvalue weighted by atomic mass is 10.0. The summed E-state index contributed by atoms with van der Waals surface area (Å²) >= 11 is 0. The molecule has 5 nitrogen and oxygen atoms in total. The highest BCUT2D eigenvalue weighted by Gasteiger charge is 2.28. The van der Waals surface area contributed by atoms with Crippen molar-refractivity contribution in [3.63, 3.8) is 0 Å². The molecule has 0 bridgehead atoms. The number of ether oxygens (including phenoxy) is 1. The van der Waals surface area contributed by atoms with Gasteiger partial charge in [0.15, 0.2) is 0 Å². The number of hydrogen-bond donors (Lipinski definition) is 0. The monoisotopic (exact) mass is 290 g/mol. The second-order valence-corrected chi connectivity index (χ2v) is 6.23. The summed E-state index contributed by atoms with van der Waals surface area (Å²) in [5, 5.41) is 0. The first kappa shape index (κ1) is 15.5. The van der Waals surface area contributed by atoms with Crippen LogP contribution in [0.5, 0.6) is 0 Å². The number of nitrogens with zero attached hydrogens (tertiary/aromatic N) is 2. The van der Waals surface area contributed by atoms with E-state index in [1.807, 2.05) is 32.9 Å². The van der Waals surface area contributed by atoms with Gasteiger partial charge in [-0.1, -0.05) is 6.07 Å². The Hall–Kier alpha value is -1.91. The predicted octanol–water partition coefficient (Wildman–Crippen LogP) is 2.90. The molecule has 0 aromatic carbocycles. The van der Waals surface area contributed by atoms with Gasteiger partial charge in [-0.05, 0) is 51.7 Å². The lowest BCUT2D eigenvalue weighted by Crippen LogP contribution is -2.40. The number of pyridine rings is 1. The SMILES string of the molecule is CC(C)(C)OC(=O)N1CCCc2ccc(CCC=O)nc21. The molecule has 1 aromatic rings. The van der Waals surface area contributed by atoms with Gasteiger partial charge in [-0.3, -0.25) is 4.90 Å². The topological polar surface area (TPSA) is 59.5 Å². The molecule has 2 rings (SSSR count). The fourth-order valence-corrected chi connectivity index (χ4v) is 2.32. The number of aromatic nitrogens is 1. The highest BCUT2D eigenvalue weighted by atomic mass is 16.6. The van der Waals surface area contributed by atoms with Crippen LogP contribution < -0.4 is 4.90 Å². The molecule has 1 aromatic heterocycles. The number of fused-ring (bicyclic) bond motifs is 1. The third-order valence-electron chi connectivity index (χ3n) is 3.23. The van der Waals surface area contributed by atoms with Crippen LogP contribution in [0.2, 0.25) is 0 Å². The van der Waals surface area contributed by atoms with Crippen molar-refractivity contribution in [1.82, 2.24) is 4.98 Å². The predicted molar refractivity (Wildman–Crippen MR) is 80.5 cm³/mol. The molecule has 1 aliphatic heterocycles. The number of anilines is 1. The fourth-order valence-electron chi connectivity index (χ4n) is 2.32. The van der Waals surface area contributed by atoms with Gasteiger partial charge in [-0.15, -0.1) is 0 Å². The molecule has 21 heavy (non-hydrogen) atoms. The number of aldehydes is 1. The molecule has 0 N–H and O–H groups in total. The lowest BCUT2D eigenvalue weighted by Gasteiger charge is -2.31. The molecular weight excluding hydrogens is 268 g/mol. The first-order valence-corrected chi connectivity index (χ1v) is 7.33. The third-order valence-corrected chi connectivity index (χ3v) is 3.23. The van der Waals surface area contributed by atoms with Gasteiger partial charge in [0.25, 0.3) is 0 Å². The van der Waals surface area contributed by atoms with Gasteiger partial charge in [-0.25, -0.2) is 9.78 Å². The maximum absolute atomic E-state index is 12.3. The number of amides is 1. The number of carbonyl (C=O) groups is 2. The van der Waals surface area contributed by atoms with Crippen molar-refractivity contribution < 1.29 is 14.3 Å². The van der Waals surface area contributed by atoms with E-state index in [0.717, 1.165) is 30.4 Å². The van der Waals surface area contributed by atoms with Crippen molar-refractivity contribution in [3.8, 4) is 0 Å². The Labute approximate surface area is 125 Å². The van der Waals surface area contributed by atoms with Crippen molar-refractivity contribution in [2.24, 2.45) is 0 Å². The number of rotatable bonds is 3. The molecule has 0 saturated carbocycles. The molecule has 1 aliphatic rings. The summed E-state index contributed by atoms with van der Waals surface area (Å²) in [6, 6.07) is 3.93. The van der Waals surface area contributed by atoms with Crippen molar-refractivity contribution >= 4 is 18.2 Å². The van der Waals surface area contributed by atoms with Gasteiger partial charge in [0, 0.05) is 18.7 Å². The van der Waals surface area contributed by atoms with E-state index >= 15 is 0 Å². The summed E-state index contributed by atoms with van der Waals surface area (Å²) in [5.41, 5.74) is 1.36. The zero-order chi connectivity index (χ0) is 15.5. The molecule has 5 heteroatoms. The van der Waals surface area contributed by atoms with E-state index in [1.165, 1.54) is 0 Å². The number of hydrogen-bond acceptors (Lipinski definition) is 4. The van der Waals surface area contributed by atoms with Crippen LogP contribution in [0.25, 0.3) is 0 Å². The third kappa shape index (κ3) is 4.03. The van der Waals surface area contributed by atoms with Crippen molar-refractivity contribution in [3.05, 3.63) is 23.4 Å². The first-order valence-electron chi connectivity index (χ1n) is 7.33. The van der Waals surface area contributed by atoms with Gasteiger partial charge in [-0.2, -0.15) is 0 Å². The minimum Gasteiger partial charge on any atom is -0.443 e. The van der Waals surface area contributed by atoms with Crippen molar-refractivity contribution in [2.45, 2.75) is 52.1 Å². The van der Waals surface area contributed by atoms with E-state index in [9.17, 15) is 9.59 Å². The maximum atomic E-state index is 12.3. The Morgan fingerprint density at radius 1 is 1.43 bits per heavy atom. The zero-order valence-electron chi connectivity index (χ0n) is 12.9. The van der Waals surface area contributed by atoms with Crippen LogP contribution in [0, 0.1) is 0 Å². The Morgan fingerprint density at radius 2 is 2.19 bits per heavy atom. The summed E-state index contributed by atoms with van der Waals surface area (Å²) < 4.78 is 5.45. The summed E-state index contributed by atoms with van der Waals surface area (Å²) in [6.45, 7) is 6.17. The summed E-state index contributed by atoms with van der Waals surface area (Å²) in [7, 11) is 0. The van der Waals surface area contributed by atoms with E-state index in [2.05, 4.69) is 4.98 Å². The molecule has 0 atom stereocenters. The molecule has 0 saturated heterocycles. The van der Waals surface area contributed by atoms with Crippen LogP contribution in [0.4, 0.5) is 10.6 Å². The van der Waals surface area contributed by atoms with Gasteiger partial charge in [0.1, 0.15) is 17.7 Å². The second kappa shape index (κ2) is 6.24. The molecule has 0 radical (unpaired) electrons. The Kier molecular flexibility index (Phi) is 4.60. The maximum Gasteiger partial charge on any atom is 0.416 e. The van der Waals surface area contributed by atoms with E-state index in [-0.39, 0.29) is 6.09 Å². The summed E-state index contributed by atoms with van der Waals surface area (Å²) in [5.74, 6) is 0.680. The van der Waals surface area contributed by atoms with Gasteiger partial charge in [0.2, 0.25) is 0 Å². The van der Waals surface area contributed by atoms with Gasteiger partial charge in [0.05, 0.1) is 0 Å². The average Bonchev–Trinajstić information content (AvgIpc) is 2.42. The minimum atomic E-state index is -0.524. The highest BCUT2D eigenvalue weighted by Crippen LogP contribution is 2.27. The largest absolute Gasteiger partial charge is 0.443 e. The van der Waals surface area contributed by atoms with E-state index in [4.69, 9.17) is 4.74 Å². The molecule has 0 fully saturated rings. The van der Waals surface area contributed by atoms with Crippen LogP contribution >= 0.6 is 0 Å². The molecule has 0 unspecified atom stereocenters. The highest BCUT2D eigenvalue weighted by molar-refractivity contribution is 5.88. The van der Waals surface area contributed by atoms with Crippen LogP contribution in [0.3, 0.4) is 0 Å². The Balaban J connectivity index is 2.24. The lowest BCUT2D eigenvalue weighted by molar-refractivity contribution is -0.107. The van der Waals surface area contributed by atoms with Crippen LogP contribution in [-0.4, -0.2) is 29.5 Å². The molecule has 0 spiro atoms. The van der Waals surface area contributed by atoms with Crippen LogP contribution in [0.15, 0.2) is 12.1 Å². The summed E-state index contributed by atoms with van der Waals surface area (Å²) in [6.07, 6.45) is 3.38. The molecule has 2 heterocycles. The second-order valence-electron chi connectivity index (χ2n) is 6.23. The van der Waals surface area contributed by atoms with E-state index in [0.29, 0.717) is 25.2 Å². The molecule has 1 amide bonds. The van der Waals surface area contributed by atoms with Crippen LogP contribution in [0.1, 0.15) is 44.9 Å². The van der Waals surface area contributed by atoms with E-state index < -0.39 is 5.60 Å². The smallest absolute Gasteiger partial charge is 0.416 e. The minimum absolute atomic E-state index is 0.358. The standard InChI is InChI=1S/C16H22N2O3/c1-16(2,3)21-15(20)18-10-4-6-12-8-9-13(7-5-11-19)17-14(12)18/h8-9,11H,4-7,10H2,1-3H3. The van der Waals surface area contributed by atoms with Crippen molar-refractivity contribution in [2.75, 3.05) is 11.4 Å². The molecule has 114 valence electrons. The van der Waals surface area contributed by atoms with Crippen molar-refractivity contribution in [1.29, 1.82) is 0 Å². The quantitative estimate of drug-likeness (QED) is 0.803. The average molecular weight is 290 g/mol. The van der Waals surface area contributed by atoms with Crippen LogP contribution in [-0.2, 0) is 22.4 Å². The summed E-state index contributed by atoms with van der Waals surface area (Å²) in [4.78, 5) is 28.9. The van der Waals surface area contributed by atoms with E-state index in [1.54, 1.807) is 4.90 Å². The first-order chi connectivity index (χ1) is 9.90. The van der Waals surface area contributed by atoms with Gasteiger partial charge < -0.3 is 9.53 Å². The normalized spacial score (nSPS) is 14.5. The Morgan fingerprint density at radius 3 is 2.86 bits per heavy atom. The number of carbonyl (C=O) groups excluding carboxylic acids is 2. The number of aryl methyl sites for hydroxylation is 2. The molecular formula is C16H22N2O3. The molecule has 0 aliphatic carbocycles. The Bertz CT molecular complexity index is 535. The fraction of sp³-hybridized carbons (Fsp3) is 0.562.